The Bertz CT molecular complexity index is 658. The average molecular weight is 320 g/mol. The Morgan fingerprint density at radius 2 is 1.86 bits per heavy atom. The summed E-state index contributed by atoms with van der Waals surface area (Å²) in [4.78, 5) is 0. The van der Waals surface area contributed by atoms with Crippen LogP contribution in [0.4, 0.5) is 23.2 Å². The van der Waals surface area contributed by atoms with Gasteiger partial charge in [0, 0.05) is 22.8 Å². The van der Waals surface area contributed by atoms with Crippen molar-refractivity contribution in [2.45, 2.75) is 12.7 Å². The van der Waals surface area contributed by atoms with E-state index in [0.29, 0.717) is 0 Å². The highest BCUT2D eigenvalue weighted by Gasteiger charge is 2.33. The molecule has 0 aliphatic carbocycles. The first kappa shape index (κ1) is 15.4. The minimum atomic E-state index is -4.57. The van der Waals surface area contributed by atoms with E-state index in [2.05, 4.69) is 5.32 Å². The second kappa shape index (κ2) is 5.81. The minimum absolute atomic E-state index is 0.0403. The number of alkyl halides is 3. The number of halogens is 5. The van der Waals surface area contributed by atoms with Gasteiger partial charge in [-0.3, -0.25) is 0 Å². The molecule has 0 amide bonds. The molecule has 0 spiro atoms. The van der Waals surface area contributed by atoms with Crippen LogP contribution in [0.3, 0.4) is 0 Å². The molecular weight excluding hydrogens is 310 g/mol. The second-order valence-electron chi connectivity index (χ2n) is 4.29. The maximum atomic E-state index is 13.2. The number of phenols is 1. The van der Waals surface area contributed by atoms with Crippen LogP contribution < -0.4 is 5.32 Å². The number of aromatic hydroxyl groups is 1. The van der Waals surface area contributed by atoms with Gasteiger partial charge in [-0.25, -0.2) is 4.39 Å². The summed E-state index contributed by atoms with van der Waals surface area (Å²) in [6, 6.07) is 7.12. The molecule has 2 nitrogen and oxygen atoms in total. The molecule has 0 heterocycles. The van der Waals surface area contributed by atoms with Gasteiger partial charge in [0.05, 0.1) is 5.56 Å². The van der Waals surface area contributed by atoms with E-state index in [4.69, 9.17) is 11.6 Å². The van der Waals surface area contributed by atoms with E-state index in [1.807, 2.05) is 0 Å². The SMILES string of the molecule is Oc1c(F)cccc1CNc1ccc(Cl)cc1C(F)(F)F. The van der Waals surface area contributed by atoms with E-state index < -0.39 is 23.3 Å². The number of rotatable bonds is 3. The van der Waals surface area contributed by atoms with Crippen molar-refractivity contribution < 1.29 is 22.7 Å². The number of benzene rings is 2. The summed E-state index contributed by atoms with van der Waals surface area (Å²) < 4.78 is 51.8. The standard InChI is InChI=1S/C14H10ClF4NO/c15-9-4-5-12(10(6-9)14(17,18)19)20-7-8-2-1-3-11(16)13(8)21/h1-6,20-21H,7H2. The van der Waals surface area contributed by atoms with Gasteiger partial charge >= 0.3 is 6.18 Å². The summed E-state index contributed by atoms with van der Waals surface area (Å²) >= 11 is 5.57. The van der Waals surface area contributed by atoms with Crippen LogP contribution in [0, 0.1) is 5.82 Å². The molecular formula is C14H10ClF4NO. The summed E-state index contributed by atoms with van der Waals surface area (Å²) in [6.07, 6.45) is -4.57. The molecule has 0 atom stereocenters. The minimum Gasteiger partial charge on any atom is -0.505 e. The Balaban J connectivity index is 2.26. The van der Waals surface area contributed by atoms with E-state index in [0.717, 1.165) is 12.1 Å². The fourth-order valence-electron chi connectivity index (χ4n) is 1.80. The van der Waals surface area contributed by atoms with Gasteiger partial charge in [0.1, 0.15) is 0 Å². The number of nitrogens with one attached hydrogen (secondary N) is 1. The maximum Gasteiger partial charge on any atom is 0.418 e. The molecule has 0 bridgehead atoms. The molecule has 0 fully saturated rings. The van der Waals surface area contributed by atoms with Crippen LogP contribution in [-0.4, -0.2) is 5.11 Å². The highest BCUT2D eigenvalue weighted by Crippen LogP contribution is 2.36. The monoisotopic (exact) mass is 319 g/mol. The third-order valence-corrected chi connectivity index (χ3v) is 3.06. The zero-order valence-corrected chi connectivity index (χ0v) is 11.3. The lowest BCUT2D eigenvalue weighted by Gasteiger charge is -2.15. The van der Waals surface area contributed by atoms with Gasteiger partial charge < -0.3 is 10.4 Å². The summed E-state index contributed by atoms with van der Waals surface area (Å²) in [5.74, 6) is -1.42. The van der Waals surface area contributed by atoms with Crippen molar-refractivity contribution in [1.29, 1.82) is 0 Å². The van der Waals surface area contributed by atoms with Crippen LogP contribution in [0.15, 0.2) is 36.4 Å². The van der Waals surface area contributed by atoms with E-state index in [1.54, 1.807) is 0 Å². The second-order valence-corrected chi connectivity index (χ2v) is 4.73. The van der Waals surface area contributed by atoms with Crippen LogP contribution in [0.2, 0.25) is 5.02 Å². The average Bonchev–Trinajstić information content (AvgIpc) is 2.40. The van der Waals surface area contributed by atoms with Crippen molar-refractivity contribution in [2.24, 2.45) is 0 Å². The first-order chi connectivity index (χ1) is 9.79. The molecule has 0 aliphatic rings. The molecule has 0 saturated carbocycles. The summed E-state index contributed by atoms with van der Waals surface area (Å²) in [5, 5.41) is 12.0. The van der Waals surface area contributed by atoms with Gasteiger partial charge in [-0.05, 0) is 24.3 Å². The van der Waals surface area contributed by atoms with Crippen molar-refractivity contribution in [2.75, 3.05) is 5.32 Å². The smallest absolute Gasteiger partial charge is 0.418 e. The van der Waals surface area contributed by atoms with Crippen molar-refractivity contribution in [3.8, 4) is 5.75 Å². The van der Waals surface area contributed by atoms with Gasteiger partial charge in [-0.2, -0.15) is 13.2 Å². The number of para-hydroxylation sites is 1. The Kier molecular flexibility index (Phi) is 4.27. The molecule has 21 heavy (non-hydrogen) atoms. The molecule has 0 aliphatic heterocycles. The van der Waals surface area contributed by atoms with Gasteiger partial charge in [0.15, 0.2) is 11.6 Å². The van der Waals surface area contributed by atoms with Gasteiger partial charge in [-0.1, -0.05) is 23.7 Å². The summed E-state index contributed by atoms with van der Waals surface area (Å²) in [7, 11) is 0. The molecule has 2 aromatic carbocycles. The summed E-state index contributed by atoms with van der Waals surface area (Å²) in [5.41, 5.74) is -0.973. The molecule has 0 saturated heterocycles. The fraction of sp³-hybridized carbons (Fsp3) is 0.143. The Morgan fingerprint density at radius 1 is 1.14 bits per heavy atom. The lowest BCUT2D eigenvalue weighted by molar-refractivity contribution is -0.136. The third kappa shape index (κ3) is 3.58. The van der Waals surface area contributed by atoms with E-state index in [1.165, 1.54) is 24.3 Å². The molecule has 2 N–H and O–H groups in total. The van der Waals surface area contributed by atoms with Crippen molar-refractivity contribution in [3.63, 3.8) is 0 Å². The number of phenolic OH excluding ortho intramolecular Hbond substituents is 1. The normalized spacial score (nSPS) is 11.5. The molecule has 2 rings (SSSR count). The van der Waals surface area contributed by atoms with Crippen LogP contribution in [-0.2, 0) is 12.7 Å². The Labute approximate surface area is 123 Å². The van der Waals surface area contributed by atoms with Crippen molar-refractivity contribution >= 4 is 17.3 Å². The summed E-state index contributed by atoms with van der Waals surface area (Å²) in [6.45, 7) is -0.158. The zero-order chi connectivity index (χ0) is 15.6. The van der Waals surface area contributed by atoms with Crippen LogP contribution in [0.1, 0.15) is 11.1 Å². The maximum absolute atomic E-state index is 13.2. The third-order valence-electron chi connectivity index (χ3n) is 2.83. The molecule has 112 valence electrons. The first-order valence-corrected chi connectivity index (χ1v) is 6.24. The number of hydrogen-bond donors (Lipinski definition) is 2. The lowest BCUT2D eigenvalue weighted by atomic mass is 10.1. The Morgan fingerprint density at radius 3 is 2.52 bits per heavy atom. The van der Waals surface area contributed by atoms with Crippen LogP contribution in [0.5, 0.6) is 5.75 Å². The van der Waals surface area contributed by atoms with Crippen LogP contribution >= 0.6 is 11.6 Å². The van der Waals surface area contributed by atoms with Gasteiger partial charge in [0.25, 0.3) is 0 Å². The highest BCUT2D eigenvalue weighted by atomic mass is 35.5. The van der Waals surface area contributed by atoms with E-state index >= 15 is 0 Å². The molecule has 0 aromatic heterocycles. The first-order valence-electron chi connectivity index (χ1n) is 5.86. The highest BCUT2D eigenvalue weighted by molar-refractivity contribution is 6.30. The van der Waals surface area contributed by atoms with Crippen LogP contribution in [0.25, 0.3) is 0 Å². The largest absolute Gasteiger partial charge is 0.505 e. The Hall–Kier alpha value is -1.95. The fourth-order valence-corrected chi connectivity index (χ4v) is 1.97. The molecule has 0 radical (unpaired) electrons. The van der Waals surface area contributed by atoms with E-state index in [-0.39, 0.29) is 22.8 Å². The number of hydrogen-bond acceptors (Lipinski definition) is 2. The molecule has 0 unspecified atom stereocenters. The number of anilines is 1. The lowest BCUT2D eigenvalue weighted by Crippen LogP contribution is -2.11. The quantitative estimate of drug-likeness (QED) is 0.795. The topological polar surface area (TPSA) is 32.3 Å². The van der Waals surface area contributed by atoms with Gasteiger partial charge in [0.2, 0.25) is 0 Å². The van der Waals surface area contributed by atoms with Crippen molar-refractivity contribution in [1.82, 2.24) is 0 Å². The van der Waals surface area contributed by atoms with Crippen molar-refractivity contribution in [3.05, 3.63) is 58.4 Å². The van der Waals surface area contributed by atoms with Gasteiger partial charge in [-0.15, -0.1) is 0 Å². The van der Waals surface area contributed by atoms with E-state index in [9.17, 15) is 22.7 Å². The molecule has 7 heteroatoms. The predicted molar refractivity (Wildman–Crippen MR) is 71.8 cm³/mol. The molecule has 2 aromatic rings. The zero-order valence-electron chi connectivity index (χ0n) is 10.5. The predicted octanol–water partition coefficient (Wildman–Crippen LogP) is 4.82.